The van der Waals surface area contributed by atoms with Crippen LogP contribution in [0.4, 0.5) is 10.1 Å². The normalized spacial score (nSPS) is 10.7. The van der Waals surface area contributed by atoms with E-state index in [1.54, 1.807) is 19.1 Å². The van der Waals surface area contributed by atoms with Gasteiger partial charge in [0.2, 0.25) is 0 Å². The van der Waals surface area contributed by atoms with Crippen molar-refractivity contribution in [2.45, 2.75) is 6.54 Å². The van der Waals surface area contributed by atoms with E-state index in [9.17, 15) is 14.5 Å². The summed E-state index contributed by atoms with van der Waals surface area (Å²) in [6, 6.07) is 3.41. The van der Waals surface area contributed by atoms with Crippen LogP contribution in [-0.4, -0.2) is 24.0 Å². The zero-order chi connectivity index (χ0) is 11.4. The zero-order valence-corrected chi connectivity index (χ0v) is 8.53. The van der Waals surface area contributed by atoms with E-state index in [2.05, 4.69) is 5.43 Å². The van der Waals surface area contributed by atoms with Gasteiger partial charge in [-0.15, -0.1) is 0 Å². The predicted octanol–water partition coefficient (Wildman–Crippen LogP) is 1.30. The smallest absolute Gasteiger partial charge is 0.258 e. The van der Waals surface area contributed by atoms with Gasteiger partial charge in [-0.2, -0.15) is 0 Å². The number of hydrogen-bond donors (Lipinski definition) is 1. The molecular formula is C9H12FN3O2. The predicted molar refractivity (Wildman–Crippen MR) is 53.6 cm³/mol. The number of rotatable bonds is 4. The van der Waals surface area contributed by atoms with Crippen molar-refractivity contribution in [3.05, 3.63) is 39.7 Å². The van der Waals surface area contributed by atoms with Gasteiger partial charge in [-0.05, 0) is 12.1 Å². The van der Waals surface area contributed by atoms with Crippen LogP contribution in [0.5, 0.6) is 0 Å². The van der Waals surface area contributed by atoms with Crippen molar-refractivity contribution in [2.24, 2.45) is 0 Å². The first-order valence-corrected chi connectivity index (χ1v) is 4.34. The molecule has 15 heavy (non-hydrogen) atoms. The Morgan fingerprint density at radius 1 is 1.53 bits per heavy atom. The third-order valence-corrected chi connectivity index (χ3v) is 1.82. The minimum absolute atomic E-state index is 0.0780. The summed E-state index contributed by atoms with van der Waals surface area (Å²) >= 11 is 0. The summed E-state index contributed by atoms with van der Waals surface area (Å²) in [6.07, 6.45) is 0. The molecule has 1 aromatic carbocycles. The van der Waals surface area contributed by atoms with Crippen molar-refractivity contribution < 1.29 is 9.31 Å². The van der Waals surface area contributed by atoms with Crippen LogP contribution in [-0.2, 0) is 6.54 Å². The molecule has 0 unspecified atom stereocenters. The molecule has 6 heteroatoms. The highest BCUT2D eigenvalue weighted by Gasteiger charge is 2.13. The van der Waals surface area contributed by atoms with Crippen molar-refractivity contribution in [3.63, 3.8) is 0 Å². The number of hydrogen-bond acceptors (Lipinski definition) is 4. The van der Waals surface area contributed by atoms with Gasteiger partial charge in [-0.25, -0.2) is 4.39 Å². The molecule has 82 valence electrons. The van der Waals surface area contributed by atoms with Crippen molar-refractivity contribution in [1.29, 1.82) is 0 Å². The molecule has 0 atom stereocenters. The van der Waals surface area contributed by atoms with E-state index in [1.165, 1.54) is 6.07 Å². The number of nitrogens with zero attached hydrogens (tertiary/aromatic N) is 2. The van der Waals surface area contributed by atoms with Gasteiger partial charge in [0.05, 0.1) is 4.92 Å². The molecular weight excluding hydrogens is 201 g/mol. The average molecular weight is 213 g/mol. The Balaban J connectivity index is 2.92. The summed E-state index contributed by atoms with van der Waals surface area (Å²) in [5.41, 5.74) is 3.10. The maximum atomic E-state index is 12.9. The van der Waals surface area contributed by atoms with Crippen molar-refractivity contribution in [2.75, 3.05) is 14.1 Å². The van der Waals surface area contributed by atoms with Gasteiger partial charge in [0.25, 0.3) is 5.69 Å². The number of nitrogens with one attached hydrogen (secondary N) is 1. The zero-order valence-electron chi connectivity index (χ0n) is 8.53. The number of hydrazine groups is 1. The molecule has 5 nitrogen and oxygen atoms in total. The summed E-state index contributed by atoms with van der Waals surface area (Å²) in [6.45, 7) is 0.223. The Labute approximate surface area is 86.6 Å². The van der Waals surface area contributed by atoms with Gasteiger partial charge >= 0.3 is 0 Å². The van der Waals surface area contributed by atoms with Crippen LogP contribution in [0.15, 0.2) is 18.2 Å². The lowest BCUT2D eigenvalue weighted by Gasteiger charge is -2.11. The first kappa shape index (κ1) is 11.5. The molecule has 0 heterocycles. The minimum atomic E-state index is -0.522. The Bertz CT molecular complexity index is 368. The summed E-state index contributed by atoms with van der Waals surface area (Å²) in [7, 11) is 3.51. The first-order valence-electron chi connectivity index (χ1n) is 4.34. The summed E-state index contributed by atoms with van der Waals surface area (Å²) in [5, 5.41) is 12.3. The third-order valence-electron chi connectivity index (χ3n) is 1.82. The molecule has 0 aliphatic heterocycles. The quantitative estimate of drug-likeness (QED) is 0.605. The van der Waals surface area contributed by atoms with Gasteiger partial charge < -0.3 is 0 Å². The van der Waals surface area contributed by atoms with E-state index in [0.717, 1.165) is 12.1 Å². The Morgan fingerprint density at radius 3 is 2.73 bits per heavy atom. The molecule has 0 aliphatic rings. The van der Waals surface area contributed by atoms with Crippen molar-refractivity contribution in [1.82, 2.24) is 10.4 Å². The maximum Gasteiger partial charge on any atom is 0.274 e. The SMILES string of the molecule is CN(C)NCc1cc(F)ccc1[N+](=O)[O-]. The summed E-state index contributed by atoms with van der Waals surface area (Å²) in [4.78, 5) is 10.1. The van der Waals surface area contributed by atoms with Crippen LogP contribution in [0.3, 0.4) is 0 Å². The fourth-order valence-electron chi connectivity index (χ4n) is 1.12. The lowest BCUT2D eigenvalue weighted by Crippen LogP contribution is -2.29. The molecule has 0 amide bonds. The Kier molecular flexibility index (Phi) is 3.70. The van der Waals surface area contributed by atoms with Gasteiger partial charge in [-0.3, -0.25) is 20.5 Å². The lowest BCUT2D eigenvalue weighted by molar-refractivity contribution is -0.385. The lowest BCUT2D eigenvalue weighted by atomic mass is 10.2. The van der Waals surface area contributed by atoms with Crippen molar-refractivity contribution >= 4 is 5.69 Å². The first-order chi connectivity index (χ1) is 7.00. The standard InChI is InChI=1S/C9H12FN3O2/c1-12(2)11-6-7-5-8(10)3-4-9(7)13(14)15/h3-5,11H,6H2,1-2H3. The highest BCUT2D eigenvalue weighted by Crippen LogP contribution is 2.19. The van der Waals surface area contributed by atoms with E-state index in [0.29, 0.717) is 5.56 Å². The second kappa shape index (κ2) is 4.81. The second-order valence-electron chi connectivity index (χ2n) is 3.26. The maximum absolute atomic E-state index is 12.9. The third kappa shape index (κ3) is 3.26. The highest BCUT2D eigenvalue weighted by molar-refractivity contribution is 5.40. The van der Waals surface area contributed by atoms with E-state index in [1.807, 2.05) is 0 Å². The monoisotopic (exact) mass is 213 g/mol. The van der Waals surface area contributed by atoms with Crippen LogP contribution in [0.25, 0.3) is 0 Å². The molecule has 0 aliphatic carbocycles. The number of nitro benzene ring substituents is 1. The van der Waals surface area contributed by atoms with Gasteiger partial charge in [0, 0.05) is 32.3 Å². The Morgan fingerprint density at radius 2 is 2.20 bits per heavy atom. The second-order valence-corrected chi connectivity index (χ2v) is 3.26. The molecule has 1 N–H and O–H groups in total. The number of benzene rings is 1. The molecule has 0 aromatic heterocycles. The number of halogens is 1. The molecule has 1 aromatic rings. The van der Waals surface area contributed by atoms with Crippen LogP contribution in [0.1, 0.15) is 5.56 Å². The van der Waals surface area contributed by atoms with Gasteiger partial charge in [-0.1, -0.05) is 0 Å². The van der Waals surface area contributed by atoms with Crippen LogP contribution >= 0.6 is 0 Å². The fourth-order valence-corrected chi connectivity index (χ4v) is 1.12. The molecule has 1 rings (SSSR count). The summed E-state index contributed by atoms with van der Waals surface area (Å²) < 4.78 is 12.9. The highest BCUT2D eigenvalue weighted by atomic mass is 19.1. The van der Waals surface area contributed by atoms with E-state index in [4.69, 9.17) is 0 Å². The average Bonchev–Trinajstić information content (AvgIpc) is 2.14. The molecule has 0 fully saturated rings. The van der Waals surface area contributed by atoms with Gasteiger partial charge in [0.1, 0.15) is 5.82 Å². The van der Waals surface area contributed by atoms with Crippen LogP contribution in [0, 0.1) is 15.9 Å². The molecule has 0 radical (unpaired) electrons. The molecule has 0 bridgehead atoms. The van der Waals surface area contributed by atoms with E-state index >= 15 is 0 Å². The number of nitro groups is 1. The summed E-state index contributed by atoms with van der Waals surface area (Å²) in [5.74, 6) is -0.476. The largest absolute Gasteiger partial charge is 0.274 e. The van der Waals surface area contributed by atoms with Crippen LogP contribution in [0.2, 0.25) is 0 Å². The van der Waals surface area contributed by atoms with E-state index in [-0.39, 0.29) is 12.2 Å². The Hall–Kier alpha value is -1.53. The topological polar surface area (TPSA) is 58.4 Å². The molecule has 0 spiro atoms. The van der Waals surface area contributed by atoms with Crippen molar-refractivity contribution in [3.8, 4) is 0 Å². The molecule has 0 saturated heterocycles. The molecule has 0 saturated carbocycles. The fraction of sp³-hybridized carbons (Fsp3) is 0.333. The minimum Gasteiger partial charge on any atom is -0.258 e. The van der Waals surface area contributed by atoms with E-state index < -0.39 is 10.7 Å². The van der Waals surface area contributed by atoms with Gasteiger partial charge in [0.15, 0.2) is 0 Å². The van der Waals surface area contributed by atoms with Crippen LogP contribution < -0.4 is 5.43 Å².